The van der Waals surface area contributed by atoms with Gasteiger partial charge in [-0.25, -0.2) is 0 Å². The summed E-state index contributed by atoms with van der Waals surface area (Å²) in [5, 5.41) is 13.5. The Kier molecular flexibility index (Phi) is 4.33. The normalized spacial score (nSPS) is 18.1. The molecule has 1 N–H and O–H groups in total. The van der Waals surface area contributed by atoms with Crippen LogP contribution in [0, 0.1) is 0 Å². The molecule has 136 valence electrons. The molecule has 0 bridgehead atoms. The van der Waals surface area contributed by atoms with Crippen LogP contribution < -0.4 is 5.32 Å². The van der Waals surface area contributed by atoms with Crippen molar-refractivity contribution in [3.8, 4) is 0 Å². The number of halogens is 6. The fourth-order valence-electron chi connectivity index (χ4n) is 2.74. The first-order valence-electron chi connectivity index (χ1n) is 7.42. The van der Waals surface area contributed by atoms with Crippen LogP contribution in [0.4, 0.5) is 32.2 Å². The average molecular weight is 365 g/mol. The van der Waals surface area contributed by atoms with Crippen molar-refractivity contribution in [2.75, 3.05) is 5.32 Å². The van der Waals surface area contributed by atoms with E-state index < -0.39 is 30.6 Å². The summed E-state index contributed by atoms with van der Waals surface area (Å²) in [7, 11) is 0. The van der Waals surface area contributed by atoms with Crippen LogP contribution in [0.1, 0.15) is 35.8 Å². The molecule has 25 heavy (non-hydrogen) atoms. The SMILES string of the molecule is FC(F)(F)Cn1cc2c(n1)C(Nc1ccc(C(F)(F)F)nn1)CCC2. The number of alkyl halides is 6. The minimum atomic E-state index is -4.58. The van der Waals surface area contributed by atoms with E-state index in [2.05, 4.69) is 20.6 Å². The highest BCUT2D eigenvalue weighted by Crippen LogP contribution is 2.32. The molecule has 0 spiro atoms. The van der Waals surface area contributed by atoms with Crippen molar-refractivity contribution in [3.05, 3.63) is 35.3 Å². The highest BCUT2D eigenvalue weighted by molar-refractivity contribution is 5.38. The molecule has 0 saturated heterocycles. The summed E-state index contributed by atoms with van der Waals surface area (Å²) < 4.78 is 75.8. The maximum atomic E-state index is 12.5. The van der Waals surface area contributed by atoms with Gasteiger partial charge < -0.3 is 5.32 Å². The number of hydrogen-bond acceptors (Lipinski definition) is 4. The van der Waals surface area contributed by atoms with Crippen LogP contribution in [0.25, 0.3) is 0 Å². The standard InChI is InChI=1S/C14H13F6N5/c15-13(16,17)7-25-6-8-2-1-3-9(12(8)24-25)21-11-5-4-10(22-23-11)14(18,19)20/h4-6,9H,1-3,7H2,(H,21,23). The van der Waals surface area contributed by atoms with E-state index in [-0.39, 0.29) is 5.82 Å². The van der Waals surface area contributed by atoms with Gasteiger partial charge in [-0.05, 0) is 37.0 Å². The van der Waals surface area contributed by atoms with Crippen molar-refractivity contribution in [1.82, 2.24) is 20.0 Å². The van der Waals surface area contributed by atoms with Gasteiger partial charge in [0.2, 0.25) is 0 Å². The van der Waals surface area contributed by atoms with Crippen LogP contribution >= 0.6 is 0 Å². The first-order valence-corrected chi connectivity index (χ1v) is 7.42. The number of fused-ring (bicyclic) bond motifs is 1. The molecule has 0 fully saturated rings. The largest absolute Gasteiger partial charge is 0.435 e. The van der Waals surface area contributed by atoms with E-state index in [9.17, 15) is 26.3 Å². The van der Waals surface area contributed by atoms with Gasteiger partial charge in [0.25, 0.3) is 0 Å². The highest BCUT2D eigenvalue weighted by atomic mass is 19.4. The molecule has 1 aliphatic rings. The molecule has 2 heterocycles. The Morgan fingerprint density at radius 2 is 1.88 bits per heavy atom. The second-order valence-electron chi connectivity index (χ2n) is 5.74. The van der Waals surface area contributed by atoms with Crippen molar-refractivity contribution in [3.63, 3.8) is 0 Å². The molecule has 3 rings (SSSR count). The minimum Gasteiger partial charge on any atom is -0.360 e. The molecule has 0 saturated carbocycles. The fraction of sp³-hybridized carbons (Fsp3) is 0.500. The Hall–Kier alpha value is -2.33. The molecular weight excluding hydrogens is 352 g/mol. The fourth-order valence-corrected chi connectivity index (χ4v) is 2.74. The molecule has 1 atom stereocenters. The summed E-state index contributed by atoms with van der Waals surface area (Å²) in [5.74, 6) is 0.108. The van der Waals surface area contributed by atoms with E-state index in [1.54, 1.807) is 0 Å². The third-order valence-electron chi connectivity index (χ3n) is 3.76. The smallest absolute Gasteiger partial charge is 0.360 e. The monoisotopic (exact) mass is 365 g/mol. The molecular formula is C14H13F6N5. The number of aromatic nitrogens is 4. The number of aryl methyl sites for hydroxylation is 1. The molecule has 5 nitrogen and oxygen atoms in total. The second kappa shape index (κ2) is 6.19. The van der Waals surface area contributed by atoms with Gasteiger partial charge in [0.1, 0.15) is 12.4 Å². The van der Waals surface area contributed by atoms with E-state index >= 15 is 0 Å². The minimum absolute atomic E-state index is 0.108. The lowest BCUT2D eigenvalue weighted by atomic mass is 9.94. The van der Waals surface area contributed by atoms with Crippen molar-refractivity contribution in [1.29, 1.82) is 0 Å². The lowest BCUT2D eigenvalue weighted by Crippen LogP contribution is -2.20. The first kappa shape index (κ1) is 17.5. The zero-order valence-corrected chi connectivity index (χ0v) is 12.7. The van der Waals surface area contributed by atoms with Gasteiger partial charge in [-0.2, -0.15) is 31.4 Å². The maximum Gasteiger partial charge on any atom is 0.435 e. The predicted octanol–water partition coefficient (Wildman–Crippen LogP) is 3.74. The molecule has 0 aliphatic heterocycles. The van der Waals surface area contributed by atoms with E-state index in [1.807, 2.05) is 0 Å². The summed E-state index contributed by atoms with van der Waals surface area (Å²) in [6.07, 6.45) is -5.70. The quantitative estimate of drug-likeness (QED) is 0.842. The van der Waals surface area contributed by atoms with Crippen LogP contribution in [0.15, 0.2) is 18.3 Å². The number of anilines is 1. The average Bonchev–Trinajstić information content (AvgIpc) is 2.88. The van der Waals surface area contributed by atoms with Crippen LogP contribution in [0.3, 0.4) is 0 Å². The molecule has 0 amide bonds. The molecule has 2 aromatic heterocycles. The summed E-state index contributed by atoms with van der Waals surface area (Å²) in [6, 6.07) is 1.50. The maximum absolute atomic E-state index is 12.5. The Labute approximate surface area is 138 Å². The Morgan fingerprint density at radius 1 is 1.12 bits per heavy atom. The van der Waals surface area contributed by atoms with Crippen molar-refractivity contribution in [2.45, 2.75) is 44.2 Å². The molecule has 1 unspecified atom stereocenters. The van der Waals surface area contributed by atoms with Gasteiger partial charge in [0, 0.05) is 6.20 Å². The van der Waals surface area contributed by atoms with E-state index in [1.165, 1.54) is 6.20 Å². The number of hydrogen-bond donors (Lipinski definition) is 1. The van der Waals surface area contributed by atoms with Crippen LogP contribution in [-0.4, -0.2) is 26.2 Å². The topological polar surface area (TPSA) is 55.6 Å². The van der Waals surface area contributed by atoms with Crippen molar-refractivity contribution in [2.24, 2.45) is 0 Å². The van der Waals surface area contributed by atoms with E-state index in [0.717, 1.165) is 23.2 Å². The van der Waals surface area contributed by atoms with Gasteiger partial charge in [0.15, 0.2) is 5.69 Å². The summed E-state index contributed by atoms with van der Waals surface area (Å²) in [6.45, 7) is -1.19. The highest BCUT2D eigenvalue weighted by Gasteiger charge is 2.33. The molecule has 2 aromatic rings. The first-order chi connectivity index (χ1) is 11.6. The van der Waals surface area contributed by atoms with Gasteiger partial charge >= 0.3 is 12.4 Å². The Morgan fingerprint density at radius 3 is 2.48 bits per heavy atom. The summed E-state index contributed by atoms with van der Waals surface area (Å²) in [5.41, 5.74) is 0.0295. The number of nitrogens with one attached hydrogen (secondary N) is 1. The third-order valence-corrected chi connectivity index (χ3v) is 3.76. The van der Waals surface area contributed by atoms with Gasteiger partial charge in [-0.15, -0.1) is 10.2 Å². The van der Waals surface area contributed by atoms with Crippen molar-refractivity contribution < 1.29 is 26.3 Å². The molecule has 0 radical (unpaired) electrons. The lowest BCUT2D eigenvalue weighted by Gasteiger charge is -2.22. The predicted molar refractivity (Wildman–Crippen MR) is 74.6 cm³/mol. The van der Waals surface area contributed by atoms with E-state index in [0.29, 0.717) is 24.1 Å². The van der Waals surface area contributed by atoms with E-state index in [4.69, 9.17) is 0 Å². The van der Waals surface area contributed by atoms with Gasteiger partial charge in [-0.1, -0.05) is 0 Å². The Bertz CT molecular complexity index is 734. The number of nitrogens with zero attached hydrogens (tertiary/aromatic N) is 4. The van der Waals surface area contributed by atoms with Gasteiger partial charge in [0.05, 0.1) is 11.7 Å². The zero-order valence-electron chi connectivity index (χ0n) is 12.7. The van der Waals surface area contributed by atoms with Crippen LogP contribution in [-0.2, 0) is 19.1 Å². The molecule has 0 aromatic carbocycles. The molecule has 11 heteroatoms. The summed E-state index contributed by atoms with van der Waals surface area (Å²) >= 11 is 0. The van der Waals surface area contributed by atoms with Crippen molar-refractivity contribution >= 4 is 5.82 Å². The lowest BCUT2D eigenvalue weighted by molar-refractivity contribution is -0.143. The zero-order chi connectivity index (χ0) is 18.2. The Balaban J connectivity index is 1.77. The third kappa shape index (κ3) is 4.20. The van der Waals surface area contributed by atoms with Crippen LogP contribution in [0.5, 0.6) is 0 Å². The second-order valence-corrected chi connectivity index (χ2v) is 5.74. The number of rotatable bonds is 3. The molecule has 1 aliphatic carbocycles. The summed E-state index contributed by atoms with van der Waals surface area (Å²) in [4.78, 5) is 0. The van der Waals surface area contributed by atoms with Gasteiger partial charge in [-0.3, -0.25) is 4.68 Å². The van der Waals surface area contributed by atoms with Crippen LogP contribution in [0.2, 0.25) is 0 Å².